The zero-order valence-corrected chi connectivity index (χ0v) is 85.6. The number of aromatic nitrogens is 12. The SMILES string of the molecule is C.C.COC(=O)c1cccc2c(Br)ccnc12.COC(=O)c1cccc2c(Sc3cnc(N4CCC5(CC4)CO[C@@H](C)[C@H]5N)n4ccnc34)ccnc12.COC(=O)c1cccc2c(Sc3cnc(N4CCC5(CC4)CO[C@@H](C)[C@H]5NC(=O)OC(C)(C)C)n4ccnc34)ccnc12.C[C@@H]1OCC2(CCN(c3nc[c-]c4nccn34)CC2)[C@@H]1NC(=O)OC(C)(C)C.N=N/N=N/N=N/N=N/N=N/N=N/N=N/N=N/N.[Na+].[SH-]. The summed E-state index contributed by atoms with van der Waals surface area (Å²) in [7, 11) is 4.10. The van der Waals surface area contributed by atoms with Crippen LogP contribution in [-0.2, 0) is 51.4 Å². The van der Waals surface area contributed by atoms with E-state index in [0.29, 0.717) is 46.5 Å². The van der Waals surface area contributed by atoms with E-state index in [0.717, 1.165) is 159 Å². The minimum Gasteiger partial charge on any atom is -0.813 e. The van der Waals surface area contributed by atoms with E-state index in [1.807, 2.05) is 144 Å². The van der Waals surface area contributed by atoms with Crippen molar-refractivity contribution in [3.8, 4) is 0 Å². The van der Waals surface area contributed by atoms with Gasteiger partial charge in [0.15, 0.2) is 11.3 Å². The Labute approximate surface area is 868 Å². The van der Waals surface area contributed by atoms with Crippen molar-refractivity contribution < 1.29 is 91.4 Å². The van der Waals surface area contributed by atoms with Gasteiger partial charge >= 0.3 is 59.7 Å². The maximum atomic E-state index is 12.6. The molecule has 0 unspecified atom stereocenters. The number of halogens is 1. The Balaban J connectivity index is 0.000000191. The van der Waals surface area contributed by atoms with Crippen molar-refractivity contribution in [3.05, 3.63) is 174 Å². The molecular formula is C90H112BrN35NaO13S3-. The molecule has 143 heavy (non-hydrogen) atoms. The summed E-state index contributed by atoms with van der Waals surface area (Å²) in [6, 6.07) is 25.1. The van der Waals surface area contributed by atoms with Crippen molar-refractivity contribution in [2.75, 3.05) is 95.1 Å². The molecule has 9 aromatic heterocycles. The molecule has 0 radical (unpaired) electrons. The second kappa shape index (κ2) is 50.8. The summed E-state index contributed by atoms with van der Waals surface area (Å²) in [6.07, 6.45) is 26.3. The second-order valence-corrected chi connectivity index (χ2v) is 37.9. The summed E-state index contributed by atoms with van der Waals surface area (Å²) in [5.41, 5.74) is 17.0. The Morgan fingerprint density at radius 2 is 0.825 bits per heavy atom. The predicted molar refractivity (Wildman–Crippen MR) is 531 cm³/mol. The third kappa shape index (κ3) is 26.8. The fraction of sp³-hybridized carbons (Fsp3) is 0.444. The molecule has 48 nitrogen and oxygen atoms in total. The van der Waals surface area contributed by atoms with E-state index in [2.05, 4.69) is 182 Å². The van der Waals surface area contributed by atoms with Crippen molar-refractivity contribution in [3.63, 3.8) is 0 Å². The largest absolute Gasteiger partial charge is 1.00 e. The Morgan fingerprint density at radius 1 is 0.469 bits per heavy atom. The smallest absolute Gasteiger partial charge is 0.813 e. The van der Waals surface area contributed by atoms with Gasteiger partial charge in [0, 0.05) is 160 Å². The molecule has 7 N–H and O–H groups in total. The number of benzene rings is 3. The van der Waals surface area contributed by atoms with E-state index < -0.39 is 29.2 Å². The van der Waals surface area contributed by atoms with E-state index in [-0.39, 0.29) is 123 Å². The van der Waals surface area contributed by atoms with E-state index >= 15 is 0 Å². The first-order valence-corrected chi connectivity index (χ1v) is 46.4. The van der Waals surface area contributed by atoms with Gasteiger partial charge in [-0.15, -0.1) is 6.20 Å². The summed E-state index contributed by atoms with van der Waals surface area (Å²) in [5, 5.41) is 52.1. The van der Waals surface area contributed by atoms with Gasteiger partial charge in [0.05, 0.1) is 115 Å². The average Bonchev–Trinajstić information content (AvgIpc) is 1.78. The van der Waals surface area contributed by atoms with E-state index in [9.17, 15) is 24.0 Å². The number of carbonyl (C=O) groups excluding carboxylic acids is 5. The number of ether oxygens (including phenoxy) is 8. The van der Waals surface area contributed by atoms with E-state index in [1.54, 1.807) is 79.4 Å². The number of methoxy groups -OCH3 is 3. The van der Waals surface area contributed by atoms with Crippen LogP contribution in [0.3, 0.4) is 0 Å². The summed E-state index contributed by atoms with van der Waals surface area (Å²) < 4.78 is 50.5. The van der Waals surface area contributed by atoms with Crippen LogP contribution in [0.25, 0.3) is 49.7 Å². The molecular weight excluding hydrogens is 1980 g/mol. The van der Waals surface area contributed by atoms with Crippen molar-refractivity contribution in [1.29, 1.82) is 5.53 Å². The zero-order chi connectivity index (χ0) is 98.6. The van der Waals surface area contributed by atoms with Crippen LogP contribution in [0, 0.1) is 27.8 Å². The second-order valence-electron chi connectivity index (χ2n) is 34.9. The number of fused-ring (bicyclic) bond motifs is 6. The van der Waals surface area contributed by atoms with Crippen molar-refractivity contribution in [2.24, 2.45) is 106 Å². The molecule has 6 atom stereocenters. The zero-order valence-electron chi connectivity index (χ0n) is 79.4. The molecule has 0 aliphatic carbocycles. The number of hydrogen-bond donors (Lipinski definition) is 5. The normalized spacial score (nSPS) is 19.0. The van der Waals surface area contributed by atoms with Gasteiger partial charge in [0.2, 0.25) is 17.8 Å². The minimum absolute atomic E-state index is 0. The van der Waals surface area contributed by atoms with Crippen molar-refractivity contribution in [1.82, 2.24) is 68.7 Å². The topological polar surface area (TPSA) is 584 Å². The van der Waals surface area contributed by atoms with Crippen LogP contribution in [0.15, 0.2) is 250 Å². The number of thiol groups is 1. The summed E-state index contributed by atoms with van der Waals surface area (Å²) in [5.74, 6) is 5.97. The molecule has 6 aliphatic rings. The predicted octanol–water partition coefficient (Wildman–Crippen LogP) is 14.3. The van der Waals surface area contributed by atoms with Crippen LogP contribution in [-0.4, -0.2) is 216 Å². The van der Waals surface area contributed by atoms with Gasteiger partial charge in [0.25, 0.3) is 0 Å². The number of pyridine rings is 3. The monoisotopic (exact) mass is 2090 g/mol. The van der Waals surface area contributed by atoms with E-state index in [1.165, 1.54) is 33.1 Å². The van der Waals surface area contributed by atoms with Crippen LogP contribution < -0.4 is 66.5 Å². The van der Waals surface area contributed by atoms with Gasteiger partial charge in [-0.1, -0.05) is 95.9 Å². The maximum Gasteiger partial charge on any atom is 1.00 e. The summed E-state index contributed by atoms with van der Waals surface area (Å²) in [6.45, 7) is 24.3. The number of piperidine rings is 3. The molecule has 0 saturated carbocycles. The fourth-order valence-electron chi connectivity index (χ4n) is 17.5. The fourth-order valence-corrected chi connectivity index (χ4v) is 19.9. The number of hydrogen-bond acceptors (Lipinski definition) is 31. The van der Waals surface area contributed by atoms with E-state index in [4.69, 9.17) is 54.4 Å². The number of nitrogens with zero attached hydrogens (tertiary/aromatic N) is 30. The van der Waals surface area contributed by atoms with Crippen LogP contribution in [0.4, 0.5) is 27.4 Å². The number of para-hydroxylation sites is 3. The standard InChI is InChI=1S/C31H36N6O5S.C26H28N6O3S.C20H28N5O3.C11H8BrNO2.2CH4.H3N17.Na.H2S/c1-19-25(35-29(39)42-30(2,3)4)31(18-41-19)10-14-36(15-11-31)28-34-17-23(26-33-13-16-37(26)28)43-22-9-12-32-24-20(22)7-6-8-21(24)27(38)40-5;1-16-22(27)26(15-35-16)7-11-31(12-8-26)25-30-14-20(23-29-10-13-32(23)25)36-19-6-9-28-21-17(19)4-3-5-18(21)24(33)34-2;1-14-16(23-18(26)28-19(2,3)4)20(13-27-14)6-10-24(11-7-20)17-22-8-5-15-21-9-12-25(15)17;1-15-11(14)8-4-2-3-7-9(12)5-6-13-10(7)8;;;1-3-5-7-9-11-13-15-17-16-14-12-10-8-6-4-2;;/h6-9,12-13,16-17,19,25H,10-11,14-15,18H2,1-5H3,(H,35,39);3-6,9-10,13-14,16,22H,7-8,11-12,15,27H2,1-2H3;8-9,12,14,16H,6-7,10-11,13H2,1-4H3,(H,23,26);2-6H,1H3;2*1H4;(H3,1,2,5,6,9,10,13,14,17);;1H2/q;;-1;;;;;+1;/p-1/t19-,25+;16-,22+;14-,16+;;;;;;/m000....../s1. The molecule has 6 fully saturated rings. The number of alkyl carbamates (subject to hydrolysis) is 2. The first-order chi connectivity index (χ1) is 67.0. The van der Waals surface area contributed by atoms with Crippen LogP contribution in [0.2, 0.25) is 0 Å². The Morgan fingerprint density at radius 3 is 1.22 bits per heavy atom. The number of carbonyl (C=O) groups is 5. The molecule has 2 amide bonds. The van der Waals surface area contributed by atoms with Crippen LogP contribution in [0.1, 0.15) is 147 Å². The molecule has 15 heterocycles. The quantitative estimate of drug-likeness (QED) is 0.00577. The third-order valence-corrected chi connectivity index (χ3v) is 27.1. The Hall–Kier alpha value is -12.9. The minimum atomic E-state index is -0.563. The van der Waals surface area contributed by atoms with Gasteiger partial charge in [-0.05, 0) is 216 Å². The maximum absolute atomic E-state index is 12.6. The molecule has 6 saturated heterocycles. The number of rotatable bonds is 19. The Bertz CT molecular complexity index is 6640. The first kappa shape index (κ1) is 112. The Kier molecular flexibility index (Phi) is 39.8. The molecule has 12 aromatic rings. The number of nitrogens with one attached hydrogen (secondary N) is 3. The number of esters is 3. The van der Waals surface area contributed by atoms with Gasteiger partial charge in [-0.25, -0.2) is 43.9 Å². The van der Waals surface area contributed by atoms with Gasteiger partial charge in [-0.2, -0.15) is 5.53 Å². The first-order valence-electron chi connectivity index (χ1n) is 44.0. The number of imidazole rings is 3. The molecule has 18 rings (SSSR count). The number of amides is 2. The summed E-state index contributed by atoms with van der Waals surface area (Å²) in [4.78, 5) is 113. The molecule has 3 aromatic carbocycles. The molecule has 0 bridgehead atoms. The van der Waals surface area contributed by atoms with Gasteiger partial charge < -0.3 is 98.8 Å². The molecule has 3 spiro atoms. The molecule has 752 valence electrons. The summed E-state index contributed by atoms with van der Waals surface area (Å²) >= 11 is 6.51. The third-order valence-electron chi connectivity index (χ3n) is 24.2. The van der Waals surface area contributed by atoms with Crippen LogP contribution >= 0.6 is 39.5 Å². The van der Waals surface area contributed by atoms with Crippen LogP contribution in [0.5, 0.6) is 0 Å². The molecule has 6 aliphatic heterocycles. The van der Waals surface area contributed by atoms with Gasteiger partial charge in [0.1, 0.15) is 11.2 Å². The number of nitrogens with two attached hydrogens (primary N) is 2. The number of anilines is 3. The van der Waals surface area contributed by atoms with Crippen molar-refractivity contribution in [2.45, 2.75) is 183 Å². The van der Waals surface area contributed by atoms with Crippen molar-refractivity contribution >= 4 is 151 Å². The molecule has 53 heteroatoms. The average molecular weight is 2090 g/mol. The van der Waals surface area contributed by atoms with Gasteiger partial charge in [-0.3, -0.25) is 33.7 Å².